The van der Waals surface area contributed by atoms with E-state index in [0.717, 1.165) is 40.3 Å². The van der Waals surface area contributed by atoms with E-state index in [1.54, 1.807) is 29.7 Å². The number of aromatic nitrogens is 4. The summed E-state index contributed by atoms with van der Waals surface area (Å²) in [4.78, 5) is 18.2. The molecule has 10 heteroatoms. The lowest BCUT2D eigenvalue weighted by atomic mass is 9.68. The fourth-order valence-electron chi connectivity index (χ4n) is 5.51. The first kappa shape index (κ1) is 38.5. The lowest BCUT2D eigenvalue weighted by molar-refractivity contribution is 0.339. The van der Waals surface area contributed by atoms with Crippen LogP contribution in [0, 0.1) is 0 Å². The molecule has 0 radical (unpaired) electrons. The van der Waals surface area contributed by atoms with E-state index in [0.29, 0.717) is 36.8 Å². The maximum Gasteiger partial charge on any atom is 0.224 e. The Labute approximate surface area is 316 Å². The fourth-order valence-corrected chi connectivity index (χ4v) is 6.83. The van der Waals surface area contributed by atoms with Gasteiger partial charge in [-0.3, -0.25) is 0 Å². The predicted molar refractivity (Wildman–Crippen MR) is 219 cm³/mol. The Morgan fingerprint density at radius 3 is 1.56 bits per heavy atom. The second-order valence-corrected chi connectivity index (χ2v) is 14.2. The average molecular weight is 729 g/mol. The zero-order chi connectivity index (χ0) is 36.1. The van der Waals surface area contributed by atoms with Gasteiger partial charge in [-0.1, -0.05) is 127 Å². The molecule has 2 heterocycles. The van der Waals surface area contributed by atoms with E-state index >= 15 is 0 Å². The minimum absolute atomic E-state index is 0.458. The first-order valence-electron chi connectivity index (χ1n) is 17.7. The van der Waals surface area contributed by atoms with Gasteiger partial charge in [0.05, 0.1) is 5.69 Å². The number of nitrogens with two attached hydrogens (primary N) is 2. The van der Waals surface area contributed by atoms with Crippen LogP contribution in [0.5, 0.6) is 0 Å². The molecular formula is C42H48N8S2. The molecule has 0 bridgehead atoms. The zero-order valence-electron chi connectivity index (χ0n) is 29.4. The molecule has 1 aliphatic carbocycles. The van der Waals surface area contributed by atoms with Crippen molar-refractivity contribution in [2.45, 2.75) is 47.8 Å². The van der Waals surface area contributed by atoms with Crippen LogP contribution < -0.4 is 22.1 Å². The SMILES string of the molecule is NCCSc1cc(C2CCC2c2ccccc2)nc(NCc2ccccc2)n1.NCCSc1ccnc(NCc2ccccc2)n1.c1ccccc1. The monoisotopic (exact) mass is 728 g/mol. The van der Waals surface area contributed by atoms with Crippen LogP contribution in [-0.4, -0.2) is 44.5 Å². The van der Waals surface area contributed by atoms with Crippen LogP contribution >= 0.6 is 23.5 Å². The second-order valence-electron chi connectivity index (χ2n) is 12.0. The summed E-state index contributed by atoms with van der Waals surface area (Å²) in [5.74, 6) is 4.10. The minimum atomic E-state index is 0.458. The van der Waals surface area contributed by atoms with Crippen molar-refractivity contribution < 1.29 is 0 Å². The highest BCUT2D eigenvalue weighted by molar-refractivity contribution is 7.99. The molecule has 0 amide bonds. The molecule has 7 rings (SSSR count). The summed E-state index contributed by atoms with van der Waals surface area (Å²) in [7, 11) is 0. The maximum absolute atomic E-state index is 5.70. The molecule has 268 valence electrons. The largest absolute Gasteiger partial charge is 0.350 e. The Bertz CT molecular complexity index is 1810. The van der Waals surface area contributed by atoms with Gasteiger partial charge < -0.3 is 22.1 Å². The molecule has 8 nitrogen and oxygen atoms in total. The molecular weight excluding hydrogens is 681 g/mol. The van der Waals surface area contributed by atoms with Gasteiger partial charge >= 0.3 is 0 Å². The third-order valence-electron chi connectivity index (χ3n) is 8.22. The van der Waals surface area contributed by atoms with Gasteiger partial charge in [0, 0.05) is 49.8 Å². The Kier molecular flexibility index (Phi) is 16.5. The van der Waals surface area contributed by atoms with Crippen LogP contribution in [0.25, 0.3) is 0 Å². The number of hydrogen-bond donors (Lipinski definition) is 4. The highest BCUT2D eigenvalue weighted by Gasteiger charge is 2.34. The van der Waals surface area contributed by atoms with Gasteiger partial charge in [0.15, 0.2) is 0 Å². The van der Waals surface area contributed by atoms with Gasteiger partial charge in [-0.2, -0.15) is 0 Å². The van der Waals surface area contributed by atoms with Crippen molar-refractivity contribution in [1.82, 2.24) is 19.9 Å². The minimum Gasteiger partial charge on any atom is -0.350 e. The van der Waals surface area contributed by atoms with Crippen LogP contribution in [0.4, 0.5) is 11.9 Å². The summed E-state index contributed by atoms with van der Waals surface area (Å²) < 4.78 is 0. The molecule has 0 aliphatic heterocycles. The van der Waals surface area contributed by atoms with Gasteiger partial charge in [0.2, 0.25) is 11.9 Å². The number of nitrogens with one attached hydrogen (secondary N) is 2. The maximum atomic E-state index is 5.70. The lowest BCUT2D eigenvalue weighted by Crippen LogP contribution is -2.23. The topological polar surface area (TPSA) is 128 Å². The van der Waals surface area contributed by atoms with Crippen molar-refractivity contribution >= 4 is 35.4 Å². The van der Waals surface area contributed by atoms with Gasteiger partial charge in [0.1, 0.15) is 10.1 Å². The number of nitrogens with zero attached hydrogens (tertiary/aromatic N) is 4. The second kappa shape index (κ2) is 22.3. The van der Waals surface area contributed by atoms with Crippen molar-refractivity contribution in [2.24, 2.45) is 11.5 Å². The molecule has 4 aromatic carbocycles. The Hall–Kier alpha value is -4.74. The van der Waals surface area contributed by atoms with E-state index in [4.69, 9.17) is 21.4 Å². The van der Waals surface area contributed by atoms with Gasteiger partial charge in [-0.25, -0.2) is 19.9 Å². The van der Waals surface area contributed by atoms with E-state index in [9.17, 15) is 0 Å². The van der Waals surface area contributed by atoms with Crippen LogP contribution in [0.1, 0.15) is 47.1 Å². The zero-order valence-corrected chi connectivity index (χ0v) is 31.1. The van der Waals surface area contributed by atoms with Gasteiger partial charge in [-0.05, 0) is 47.6 Å². The lowest BCUT2D eigenvalue weighted by Gasteiger charge is -2.37. The normalized spacial score (nSPS) is 14.4. The molecule has 1 aliphatic rings. The average Bonchev–Trinajstić information content (AvgIpc) is 3.20. The molecule has 2 aromatic heterocycles. The number of anilines is 2. The highest BCUT2D eigenvalue weighted by atomic mass is 32.2. The summed E-state index contributed by atoms with van der Waals surface area (Å²) >= 11 is 3.34. The van der Waals surface area contributed by atoms with Crippen molar-refractivity contribution in [1.29, 1.82) is 0 Å². The quantitative estimate of drug-likeness (QED) is 0.0640. The Morgan fingerprint density at radius 1 is 0.538 bits per heavy atom. The molecule has 2 atom stereocenters. The standard InChI is InChI=1S/C23H26N4S.C13H16N4S.C6H6/c24-13-14-28-22-15-21(20-12-11-19(20)18-9-5-2-6-10-18)26-23(27-22)25-16-17-7-3-1-4-8-17;14-7-9-18-12-6-8-15-13(17-12)16-10-11-4-2-1-3-5-11;1-2-4-6-5-3-1/h1-10,15,19-20H,11-14,16,24H2,(H,25,26,27);1-6,8H,7,9-10,14H2,(H,15,16,17);1-6H. The summed E-state index contributed by atoms with van der Waals surface area (Å²) in [6, 6.07) is 47.4. The van der Waals surface area contributed by atoms with Crippen molar-refractivity contribution in [3.63, 3.8) is 0 Å². The number of hydrogen-bond acceptors (Lipinski definition) is 10. The molecule has 6 N–H and O–H groups in total. The molecule has 2 unspecified atom stereocenters. The van der Waals surface area contributed by atoms with Crippen LogP contribution in [0.3, 0.4) is 0 Å². The van der Waals surface area contributed by atoms with E-state index in [-0.39, 0.29) is 0 Å². The van der Waals surface area contributed by atoms with Crippen LogP contribution in [0.15, 0.2) is 156 Å². The molecule has 0 saturated heterocycles. The van der Waals surface area contributed by atoms with Crippen molar-refractivity contribution in [3.05, 3.63) is 168 Å². The molecule has 52 heavy (non-hydrogen) atoms. The van der Waals surface area contributed by atoms with Gasteiger partial charge in [0.25, 0.3) is 0 Å². The van der Waals surface area contributed by atoms with E-state index < -0.39 is 0 Å². The van der Waals surface area contributed by atoms with E-state index in [1.807, 2.05) is 66.7 Å². The summed E-state index contributed by atoms with van der Waals surface area (Å²) in [6.07, 6.45) is 4.16. The number of rotatable bonds is 14. The fraction of sp³-hybridized carbons (Fsp3) is 0.238. The molecule has 0 spiro atoms. The highest BCUT2D eigenvalue weighted by Crippen LogP contribution is 2.48. The predicted octanol–water partition coefficient (Wildman–Crippen LogP) is 8.63. The van der Waals surface area contributed by atoms with E-state index in [1.165, 1.54) is 29.5 Å². The smallest absolute Gasteiger partial charge is 0.224 e. The third kappa shape index (κ3) is 13.1. The summed E-state index contributed by atoms with van der Waals surface area (Å²) in [6.45, 7) is 2.75. The number of benzene rings is 4. The Morgan fingerprint density at radius 2 is 1.02 bits per heavy atom. The van der Waals surface area contributed by atoms with Crippen molar-refractivity contribution in [2.75, 3.05) is 35.2 Å². The number of thioether (sulfide) groups is 2. The van der Waals surface area contributed by atoms with Crippen LogP contribution in [0.2, 0.25) is 0 Å². The molecule has 6 aromatic rings. The molecule has 1 fully saturated rings. The first-order valence-corrected chi connectivity index (χ1v) is 19.7. The third-order valence-corrected chi connectivity index (χ3v) is 10.1. The van der Waals surface area contributed by atoms with Crippen molar-refractivity contribution in [3.8, 4) is 0 Å². The Balaban J connectivity index is 0.000000185. The summed E-state index contributed by atoms with van der Waals surface area (Å²) in [5.41, 5.74) is 16.2. The molecule has 1 saturated carbocycles. The van der Waals surface area contributed by atoms with E-state index in [2.05, 4.69) is 93.4 Å². The van der Waals surface area contributed by atoms with Crippen LogP contribution in [-0.2, 0) is 13.1 Å². The van der Waals surface area contributed by atoms with Gasteiger partial charge in [-0.15, -0.1) is 23.5 Å². The summed E-state index contributed by atoms with van der Waals surface area (Å²) in [5, 5.41) is 8.57. The first-order chi connectivity index (χ1) is 25.7.